The predicted molar refractivity (Wildman–Crippen MR) is 122 cm³/mol. The van der Waals surface area contributed by atoms with Crippen molar-refractivity contribution in [2.24, 2.45) is 4.99 Å². The molecule has 1 aromatic carbocycles. The van der Waals surface area contributed by atoms with E-state index in [1.165, 1.54) is 9.77 Å². The van der Waals surface area contributed by atoms with Gasteiger partial charge in [0.25, 0.3) is 0 Å². The maximum Gasteiger partial charge on any atom is 0.191 e. The molecule has 2 rings (SSSR count). The zero-order valence-electron chi connectivity index (χ0n) is 15.2. The summed E-state index contributed by atoms with van der Waals surface area (Å²) < 4.78 is 0. The Kier molecular flexibility index (Phi) is 10.4. The third-order valence-electron chi connectivity index (χ3n) is 3.51. The normalized spacial score (nSPS) is 12.4. The third-order valence-corrected chi connectivity index (χ3v) is 5.75. The molecular formula is C18H27IN4S2. The Balaban J connectivity index is 0.00000312. The topological polar surface area (TPSA) is 49.3 Å². The first kappa shape index (κ1) is 22.2. The summed E-state index contributed by atoms with van der Waals surface area (Å²) in [4.78, 5) is 11.4. The van der Waals surface area contributed by atoms with Crippen LogP contribution in [0.1, 0.15) is 22.5 Å². The number of hydrogen-bond acceptors (Lipinski definition) is 4. The van der Waals surface area contributed by atoms with Gasteiger partial charge in [-0.3, -0.25) is 4.99 Å². The van der Waals surface area contributed by atoms with E-state index in [2.05, 4.69) is 65.6 Å². The van der Waals surface area contributed by atoms with Gasteiger partial charge in [-0.05, 0) is 26.0 Å². The number of rotatable bonds is 7. The van der Waals surface area contributed by atoms with E-state index in [0.717, 1.165) is 36.2 Å². The van der Waals surface area contributed by atoms with Crippen LogP contribution in [-0.4, -0.2) is 36.3 Å². The van der Waals surface area contributed by atoms with Gasteiger partial charge in [0.1, 0.15) is 0 Å². The van der Waals surface area contributed by atoms with E-state index in [-0.39, 0.29) is 24.0 Å². The van der Waals surface area contributed by atoms with Crippen molar-refractivity contribution in [3.8, 4) is 0 Å². The number of nitrogens with zero attached hydrogens (tertiary/aromatic N) is 2. The summed E-state index contributed by atoms with van der Waals surface area (Å²) in [5.41, 5.74) is 1.15. The van der Waals surface area contributed by atoms with Gasteiger partial charge in [-0.1, -0.05) is 25.1 Å². The number of aryl methyl sites for hydroxylation is 2. The Labute approximate surface area is 176 Å². The second-order valence-electron chi connectivity index (χ2n) is 5.61. The Morgan fingerprint density at radius 3 is 2.56 bits per heavy atom. The summed E-state index contributed by atoms with van der Waals surface area (Å²) in [5, 5.41) is 8.39. The van der Waals surface area contributed by atoms with Crippen molar-refractivity contribution in [3.63, 3.8) is 0 Å². The molecule has 2 aromatic rings. The minimum atomic E-state index is 0. The molecule has 138 valence electrons. The van der Waals surface area contributed by atoms with Crippen LogP contribution < -0.4 is 10.6 Å². The Morgan fingerprint density at radius 1 is 1.24 bits per heavy atom. The number of aliphatic imine (C=N–C) groups is 1. The van der Waals surface area contributed by atoms with Crippen LogP contribution in [-0.2, 0) is 6.42 Å². The van der Waals surface area contributed by atoms with Gasteiger partial charge in [0.15, 0.2) is 5.96 Å². The highest BCUT2D eigenvalue weighted by Crippen LogP contribution is 2.21. The van der Waals surface area contributed by atoms with Crippen LogP contribution in [0.5, 0.6) is 0 Å². The second kappa shape index (κ2) is 11.7. The molecule has 0 aliphatic heterocycles. The van der Waals surface area contributed by atoms with Crippen molar-refractivity contribution in [2.75, 3.05) is 20.1 Å². The lowest BCUT2D eigenvalue weighted by molar-refractivity contribution is 0.782. The number of aromatic nitrogens is 1. The summed E-state index contributed by atoms with van der Waals surface area (Å²) in [7, 11) is 1.81. The zero-order valence-corrected chi connectivity index (χ0v) is 19.2. The summed E-state index contributed by atoms with van der Waals surface area (Å²) in [5.74, 6) is 0.856. The van der Waals surface area contributed by atoms with Crippen molar-refractivity contribution >= 4 is 53.0 Å². The first-order valence-corrected chi connectivity index (χ1v) is 9.87. The fourth-order valence-corrected chi connectivity index (χ4v) is 4.22. The molecule has 0 aliphatic rings. The molecule has 0 amide bonds. The maximum absolute atomic E-state index is 4.47. The zero-order chi connectivity index (χ0) is 17.4. The SMILES string of the molecule is CN=C(NCCc1sc(C)nc1C)NCC(C)Sc1ccccc1.I. The van der Waals surface area contributed by atoms with E-state index in [1.807, 2.05) is 24.9 Å². The van der Waals surface area contributed by atoms with Crippen LogP contribution in [0.2, 0.25) is 0 Å². The smallest absolute Gasteiger partial charge is 0.191 e. The lowest BCUT2D eigenvalue weighted by Crippen LogP contribution is -2.40. The molecule has 0 bridgehead atoms. The average Bonchev–Trinajstić information content (AvgIpc) is 2.89. The molecular weight excluding hydrogens is 463 g/mol. The highest BCUT2D eigenvalue weighted by Gasteiger charge is 2.07. The minimum Gasteiger partial charge on any atom is -0.356 e. The number of thiazole rings is 1. The van der Waals surface area contributed by atoms with Gasteiger partial charge in [-0.25, -0.2) is 4.98 Å². The van der Waals surface area contributed by atoms with Gasteiger partial charge in [0.05, 0.1) is 10.7 Å². The summed E-state index contributed by atoms with van der Waals surface area (Å²) >= 11 is 3.65. The average molecular weight is 490 g/mol. The molecule has 25 heavy (non-hydrogen) atoms. The van der Waals surface area contributed by atoms with E-state index in [4.69, 9.17) is 0 Å². The Bertz CT molecular complexity index is 658. The van der Waals surface area contributed by atoms with Crippen LogP contribution in [0.3, 0.4) is 0 Å². The second-order valence-corrected chi connectivity index (χ2v) is 8.41. The van der Waals surface area contributed by atoms with Crippen LogP contribution in [0.15, 0.2) is 40.2 Å². The van der Waals surface area contributed by atoms with Crippen molar-refractivity contribution < 1.29 is 0 Å². The van der Waals surface area contributed by atoms with E-state index in [0.29, 0.717) is 5.25 Å². The van der Waals surface area contributed by atoms with Crippen LogP contribution in [0.4, 0.5) is 0 Å². The van der Waals surface area contributed by atoms with Crippen LogP contribution in [0, 0.1) is 13.8 Å². The van der Waals surface area contributed by atoms with Crippen molar-refractivity contribution in [1.82, 2.24) is 15.6 Å². The predicted octanol–water partition coefficient (Wildman–Crippen LogP) is 4.27. The van der Waals surface area contributed by atoms with Gasteiger partial charge < -0.3 is 10.6 Å². The monoisotopic (exact) mass is 490 g/mol. The summed E-state index contributed by atoms with van der Waals surface area (Å²) in [6.45, 7) is 8.09. The molecule has 1 atom stereocenters. The van der Waals surface area contributed by atoms with Crippen molar-refractivity contribution in [1.29, 1.82) is 0 Å². The molecule has 0 saturated heterocycles. The number of halogens is 1. The lowest BCUT2D eigenvalue weighted by atomic mass is 10.3. The molecule has 2 N–H and O–H groups in total. The largest absolute Gasteiger partial charge is 0.356 e. The first-order chi connectivity index (χ1) is 11.6. The molecule has 4 nitrogen and oxygen atoms in total. The quantitative estimate of drug-likeness (QED) is 0.264. The fourth-order valence-electron chi connectivity index (χ4n) is 2.33. The van der Waals surface area contributed by atoms with E-state index >= 15 is 0 Å². The molecule has 1 heterocycles. The van der Waals surface area contributed by atoms with Gasteiger partial charge >= 0.3 is 0 Å². The lowest BCUT2D eigenvalue weighted by Gasteiger charge is -2.15. The van der Waals surface area contributed by atoms with Gasteiger partial charge in [0.2, 0.25) is 0 Å². The highest BCUT2D eigenvalue weighted by molar-refractivity contribution is 14.0. The molecule has 0 fully saturated rings. The molecule has 0 radical (unpaired) electrons. The number of nitrogens with one attached hydrogen (secondary N) is 2. The van der Waals surface area contributed by atoms with Crippen LogP contribution >= 0.6 is 47.1 Å². The minimum absolute atomic E-state index is 0. The molecule has 0 spiro atoms. The molecule has 7 heteroatoms. The fraction of sp³-hybridized carbons (Fsp3) is 0.444. The van der Waals surface area contributed by atoms with Crippen molar-refractivity contribution in [3.05, 3.63) is 45.9 Å². The standard InChI is InChI=1S/C18H26N4S2.HI/c1-13(23-16-8-6-5-7-9-16)12-21-18(19-4)20-11-10-17-14(2)22-15(3)24-17;/h5-9,13H,10-12H2,1-4H3,(H2,19,20,21);1H. The van der Waals surface area contributed by atoms with E-state index in [9.17, 15) is 0 Å². The third kappa shape index (κ3) is 7.96. The number of benzene rings is 1. The number of hydrogen-bond donors (Lipinski definition) is 2. The summed E-state index contributed by atoms with van der Waals surface area (Å²) in [6, 6.07) is 10.5. The molecule has 0 saturated carbocycles. The molecule has 1 unspecified atom stereocenters. The first-order valence-electron chi connectivity index (χ1n) is 8.17. The number of guanidine groups is 1. The van der Waals surface area contributed by atoms with Crippen LogP contribution in [0.25, 0.3) is 0 Å². The van der Waals surface area contributed by atoms with E-state index in [1.54, 1.807) is 11.3 Å². The Morgan fingerprint density at radius 2 is 1.96 bits per heavy atom. The number of thioether (sulfide) groups is 1. The van der Waals surface area contributed by atoms with Gasteiger partial charge in [0, 0.05) is 41.6 Å². The van der Waals surface area contributed by atoms with E-state index < -0.39 is 0 Å². The Hall–Kier alpha value is -0.800. The highest BCUT2D eigenvalue weighted by atomic mass is 127. The van der Waals surface area contributed by atoms with Gasteiger partial charge in [-0.2, -0.15) is 0 Å². The summed E-state index contributed by atoms with van der Waals surface area (Å²) in [6.07, 6.45) is 0.979. The maximum atomic E-state index is 4.47. The van der Waals surface area contributed by atoms with Gasteiger partial charge in [-0.15, -0.1) is 47.1 Å². The molecule has 1 aromatic heterocycles. The molecule has 0 aliphatic carbocycles. The van der Waals surface area contributed by atoms with Crippen molar-refractivity contribution in [2.45, 2.75) is 37.3 Å².